The zero-order chi connectivity index (χ0) is 12.7. The molecule has 0 aromatic heterocycles. The van der Waals surface area contributed by atoms with E-state index in [-0.39, 0.29) is 0 Å². The van der Waals surface area contributed by atoms with Crippen LogP contribution in [0.15, 0.2) is 18.2 Å². The summed E-state index contributed by atoms with van der Waals surface area (Å²) < 4.78 is 0. The third-order valence-electron chi connectivity index (χ3n) is 3.97. The number of fused-ring (bicyclic) bond motifs is 1. The molecule has 1 aromatic carbocycles. The third-order valence-corrected chi connectivity index (χ3v) is 4.28. The summed E-state index contributed by atoms with van der Waals surface area (Å²) in [4.78, 5) is 13.8. The summed E-state index contributed by atoms with van der Waals surface area (Å²) >= 11 is 6.08. The smallest absolute Gasteiger partial charge is 0.252 e. The number of rotatable bonds is 2. The van der Waals surface area contributed by atoms with Gasteiger partial charge in [-0.2, -0.15) is 0 Å². The molecule has 0 bridgehead atoms. The van der Waals surface area contributed by atoms with Gasteiger partial charge in [-0.3, -0.25) is 4.79 Å². The van der Waals surface area contributed by atoms with Gasteiger partial charge in [0.25, 0.3) is 5.91 Å². The molecule has 0 saturated carbocycles. The van der Waals surface area contributed by atoms with Crippen LogP contribution in [0, 0.1) is 11.8 Å². The number of hydrogen-bond acceptors (Lipinski definition) is 3. The second-order valence-electron chi connectivity index (χ2n) is 5.08. The van der Waals surface area contributed by atoms with Gasteiger partial charge in [0.15, 0.2) is 0 Å². The summed E-state index contributed by atoms with van der Waals surface area (Å²) in [7, 11) is 0. The number of carbonyl (C=O) groups is 1. The minimum atomic E-state index is -0.453. The number of nitrogens with one attached hydrogen (secondary N) is 1. The zero-order valence-corrected chi connectivity index (χ0v) is 10.8. The normalized spacial score (nSPS) is 26.4. The van der Waals surface area contributed by atoms with Crippen molar-refractivity contribution in [1.82, 2.24) is 5.32 Å². The molecule has 96 valence electrons. The summed E-state index contributed by atoms with van der Waals surface area (Å²) in [6.45, 7) is 4.07. The molecule has 2 heterocycles. The Morgan fingerprint density at radius 1 is 1.33 bits per heavy atom. The Hall–Kier alpha value is -1.26. The predicted octanol–water partition coefficient (Wildman–Crippen LogP) is 1.09. The molecule has 1 aromatic rings. The van der Waals surface area contributed by atoms with Crippen molar-refractivity contribution < 1.29 is 4.79 Å². The van der Waals surface area contributed by atoms with Crippen LogP contribution in [0.25, 0.3) is 0 Å². The Labute approximate surface area is 111 Å². The molecule has 4 nitrogen and oxygen atoms in total. The van der Waals surface area contributed by atoms with E-state index in [4.69, 9.17) is 17.3 Å². The third kappa shape index (κ3) is 1.85. The number of hydrogen-bond donors (Lipinski definition) is 2. The van der Waals surface area contributed by atoms with Crippen LogP contribution in [0.2, 0.25) is 5.02 Å². The van der Waals surface area contributed by atoms with Crippen LogP contribution in [-0.2, 0) is 0 Å². The first-order valence-electron chi connectivity index (χ1n) is 6.21. The topological polar surface area (TPSA) is 58.4 Å². The minimum absolute atomic E-state index is 0.440. The Bertz CT molecular complexity index is 479. The second kappa shape index (κ2) is 4.44. The molecule has 3 N–H and O–H groups in total. The molecule has 0 unspecified atom stereocenters. The summed E-state index contributed by atoms with van der Waals surface area (Å²) in [5.41, 5.74) is 6.77. The van der Waals surface area contributed by atoms with Crippen molar-refractivity contribution in [2.45, 2.75) is 0 Å². The quantitative estimate of drug-likeness (QED) is 0.842. The molecule has 18 heavy (non-hydrogen) atoms. The van der Waals surface area contributed by atoms with Crippen LogP contribution in [0.4, 0.5) is 5.69 Å². The lowest BCUT2D eigenvalue weighted by atomic mass is 10.0. The number of amides is 1. The largest absolute Gasteiger partial charge is 0.370 e. The van der Waals surface area contributed by atoms with Crippen molar-refractivity contribution in [3.8, 4) is 0 Å². The number of halogens is 1. The van der Waals surface area contributed by atoms with Gasteiger partial charge in [-0.1, -0.05) is 17.7 Å². The van der Waals surface area contributed by atoms with Gasteiger partial charge in [-0.05, 0) is 24.0 Å². The van der Waals surface area contributed by atoms with E-state index in [0.29, 0.717) is 22.4 Å². The van der Waals surface area contributed by atoms with Crippen molar-refractivity contribution in [3.63, 3.8) is 0 Å². The van der Waals surface area contributed by atoms with Gasteiger partial charge in [0.2, 0.25) is 0 Å². The molecule has 2 atom stereocenters. The van der Waals surface area contributed by atoms with Gasteiger partial charge in [0.1, 0.15) is 0 Å². The van der Waals surface area contributed by atoms with Crippen molar-refractivity contribution in [2.24, 2.45) is 17.6 Å². The first-order valence-corrected chi connectivity index (χ1v) is 6.58. The van der Waals surface area contributed by atoms with Gasteiger partial charge in [-0.15, -0.1) is 0 Å². The molecule has 2 saturated heterocycles. The van der Waals surface area contributed by atoms with Crippen LogP contribution in [0.3, 0.4) is 0 Å². The van der Waals surface area contributed by atoms with Crippen molar-refractivity contribution in [2.75, 3.05) is 31.1 Å². The lowest BCUT2D eigenvalue weighted by molar-refractivity contribution is 0.100. The lowest BCUT2D eigenvalue weighted by Gasteiger charge is -2.22. The fraction of sp³-hybridized carbons (Fsp3) is 0.462. The standard InChI is InChI=1S/C13H16ClN3O/c14-10-2-1-3-11(12(10)13(15)18)17-6-8-4-16-5-9(8)7-17/h1-3,8-9,16H,4-7H2,(H2,15,18)/t8-,9+. The fourth-order valence-corrected chi connectivity index (χ4v) is 3.33. The van der Waals surface area contributed by atoms with Gasteiger partial charge < -0.3 is 16.0 Å². The number of carbonyl (C=O) groups excluding carboxylic acids is 1. The van der Waals surface area contributed by atoms with Gasteiger partial charge in [-0.25, -0.2) is 0 Å². The second-order valence-corrected chi connectivity index (χ2v) is 5.49. The summed E-state index contributed by atoms with van der Waals surface area (Å²) in [6, 6.07) is 5.51. The number of benzene rings is 1. The first-order chi connectivity index (χ1) is 8.66. The maximum Gasteiger partial charge on any atom is 0.252 e. The van der Waals surface area contributed by atoms with E-state index in [9.17, 15) is 4.79 Å². The van der Waals surface area contributed by atoms with E-state index in [2.05, 4.69) is 10.2 Å². The molecular weight excluding hydrogens is 250 g/mol. The fourth-order valence-electron chi connectivity index (χ4n) is 3.07. The average Bonchev–Trinajstić information content (AvgIpc) is 2.87. The molecule has 2 aliphatic rings. The van der Waals surface area contributed by atoms with E-state index in [1.165, 1.54) is 0 Å². The number of anilines is 1. The first kappa shape index (κ1) is 11.8. The Balaban J connectivity index is 1.93. The Morgan fingerprint density at radius 2 is 2.00 bits per heavy atom. The highest BCUT2D eigenvalue weighted by Gasteiger charge is 2.37. The SMILES string of the molecule is NC(=O)c1c(Cl)cccc1N1C[C@H]2CNC[C@H]2C1. The van der Waals surface area contributed by atoms with Crippen molar-refractivity contribution >= 4 is 23.2 Å². The maximum atomic E-state index is 11.5. The van der Waals surface area contributed by atoms with E-state index in [0.717, 1.165) is 31.9 Å². The molecule has 0 spiro atoms. The van der Waals surface area contributed by atoms with Crippen LogP contribution in [-0.4, -0.2) is 32.1 Å². The molecule has 0 radical (unpaired) electrons. The van der Waals surface area contributed by atoms with Crippen LogP contribution in [0.5, 0.6) is 0 Å². The Morgan fingerprint density at radius 3 is 2.61 bits per heavy atom. The van der Waals surface area contributed by atoms with E-state index in [1.807, 2.05) is 12.1 Å². The summed E-state index contributed by atoms with van der Waals surface area (Å²) in [6.07, 6.45) is 0. The molecule has 5 heteroatoms. The highest BCUT2D eigenvalue weighted by Crippen LogP contribution is 2.34. The molecule has 1 amide bonds. The highest BCUT2D eigenvalue weighted by atomic mass is 35.5. The maximum absolute atomic E-state index is 11.5. The summed E-state index contributed by atoms with van der Waals surface area (Å²) in [5, 5.41) is 3.84. The molecule has 0 aliphatic carbocycles. The Kier molecular flexibility index (Phi) is 2.92. The minimum Gasteiger partial charge on any atom is -0.370 e. The zero-order valence-electron chi connectivity index (χ0n) is 10.0. The average molecular weight is 266 g/mol. The monoisotopic (exact) mass is 265 g/mol. The van der Waals surface area contributed by atoms with Crippen LogP contribution < -0.4 is 16.0 Å². The number of nitrogens with zero attached hydrogens (tertiary/aromatic N) is 1. The number of primary amides is 1. The summed E-state index contributed by atoms with van der Waals surface area (Å²) in [5.74, 6) is 0.889. The van der Waals surface area contributed by atoms with E-state index < -0.39 is 5.91 Å². The van der Waals surface area contributed by atoms with Gasteiger partial charge in [0, 0.05) is 26.2 Å². The van der Waals surface area contributed by atoms with Crippen LogP contribution >= 0.6 is 11.6 Å². The van der Waals surface area contributed by atoms with Crippen LogP contribution in [0.1, 0.15) is 10.4 Å². The lowest BCUT2D eigenvalue weighted by Crippen LogP contribution is -2.28. The van der Waals surface area contributed by atoms with E-state index in [1.54, 1.807) is 6.07 Å². The highest BCUT2D eigenvalue weighted by molar-refractivity contribution is 6.34. The van der Waals surface area contributed by atoms with Gasteiger partial charge in [0.05, 0.1) is 16.3 Å². The molecule has 3 rings (SSSR count). The predicted molar refractivity (Wildman–Crippen MR) is 72.0 cm³/mol. The molecule has 2 fully saturated rings. The number of nitrogens with two attached hydrogens (primary N) is 1. The van der Waals surface area contributed by atoms with Crippen molar-refractivity contribution in [3.05, 3.63) is 28.8 Å². The molecule has 2 aliphatic heterocycles. The molecular formula is C13H16ClN3O. The van der Waals surface area contributed by atoms with Crippen molar-refractivity contribution in [1.29, 1.82) is 0 Å². The van der Waals surface area contributed by atoms with E-state index >= 15 is 0 Å². The van der Waals surface area contributed by atoms with Gasteiger partial charge >= 0.3 is 0 Å².